The molecule has 0 aromatic heterocycles. The lowest BCUT2D eigenvalue weighted by Gasteiger charge is -2.42. The van der Waals surface area contributed by atoms with E-state index in [1.54, 1.807) is 0 Å². The lowest BCUT2D eigenvalue weighted by molar-refractivity contribution is -0.332. The molecule has 0 aromatic rings. The van der Waals surface area contributed by atoms with Crippen LogP contribution in [0.5, 0.6) is 0 Å². The van der Waals surface area contributed by atoms with Crippen molar-refractivity contribution in [2.75, 3.05) is 26.4 Å². The molecule has 74 heavy (non-hydrogen) atoms. The molecule has 2 heterocycles. The van der Waals surface area contributed by atoms with Gasteiger partial charge in [0.05, 0.1) is 19.8 Å². The second-order valence-corrected chi connectivity index (χ2v) is 18.7. The van der Waals surface area contributed by atoms with Crippen LogP contribution in [0.2, 0.25) is 0 Å². The fourth-order valence-corrected chi connectivity index (χ4v) is 7.75. The van der Waals surface area contributed by atoms with Gasteiger partial charge in [-0.2, -0.15) is 0 Å². The van der Waals surface area contributed by atoms with Gasteiger partial charge in [0.25, 0.3) is 0 Å². The van der Waals surface area contributed by atoms with Crippen LogP contribution in [-0.2, 0) is 38.0 Å². The fraction of sp³-hybridized carbons (Fsp3) is 0.661. The van der Waals surface area contributed by atoms with Gasteiger partial charge in [-0.25, -0.2) is 0 Å². The second-order valence-electron chi connectivity index (χ2n) is 18.7. The summed E-state index contributed by atoms with van der Waals surface area (Å²) >= 11 is 0. The molecule has 2 aliphatic heterocycles. The van der Waals surface area contributed by atoms with E-state index in [1.165, 1.54) is 19.3 Å². The SMILES string of the molecule is CC/C=C/C/C=C/C/C=C/C/C=C/C/C=C/CCCCCC(=O)O[C@@H](COC(=O)CCCCC/C=C/C/C=C/C/C=C/C/C=C/CCCCC)CO[C@@H]1O[C@H](CO[C@@H]2O[C@H](CO)[C@H](O)C(O)C2O)[C@H](O)C(O)C1O. The van der Waals surface area contributed by atoms with Crippen molar-refractivity contribution in [2.24, 2.45) is 0 Å². The van der Waals surface area contributed by atoms with Crippen molar-refractivity contribution in [3.05, 3.63) is 109 Å². The molecule has 0 spiro atoms. The highest BCUT2D eigenvalue weighted by molar-refractivity contribution is 5.70. The monoisotopic (exact) mass is 1040 g/mol. The van der Waals surface area contributed by atoms with E-state index in [-0.39, 0.29) is 19.4 Å². The van der Waals surface area contributed by atoms with Gasteiger partial charge in [0.1, 0.15) is 55.4 Å². The number of unbranched alkanes of at least 4 members (excludes halogenated alkanes) is 9. The lowest BCUT2D eigenvalue weighted by atomic mass is 9.98. The van der Waals surface area contributed by atoms with Crippen LogP contribution in [0, 0.1) is 0 Å². The van der Waals surface area contributed by atoms with Crippen molar-refractivity contribution < 1.29 is 73.8 Å². The Bertz CT molecular complexity index is 1700. The Morgan fingerprint density at radius 1 is 0.446 bits per heavy atom. The third-order valence-electron chi connectivity index (χ3n) is 12.2. The zero-order valence-electron chi connectivity index (χ0n) is 44.5. The molecule has 2 saturated heterocycles. The van der Waals surface area contributed by atoms with E-state index in [9.17, 15) is 45.3 Å². The van der Waals surface area contributed by atoms with Gasteiger partial charge in [-0.1, -0.05) is 149 Å². The summed E-state index contributed by atoms with van der Waals surface area (Å²) in [5, 5.41) is 72.2. The predicted molar refractivity (Wildman–Crippen MR) is 288 cm³/mol. The summed E-state index contributed by atoms with van der Waals surface area (Å²) in [6, 6.07) is 0. The molecule has 7 N–H and O–H groups in total. The van der Waals surface area contributed by atoms with E-state index < -0.39 is 99.3 Å². The zero-order chi connectivity index (χ0) is 53.9. The number of aliphatic hydroxyl groups is 7. The molecule has 0 radical (unpaired) electrons. The Labute approximate surface area is 442 Å². The van der Waals surface area contributed by atoms with Crippen LogP contribution < -0.4 is 0 Å². The number of aliphatic hydroxyl groups excluding tert-OH is 7. The standard InChI is InChI=1S/C59H94O15/c1-3-5-7-9-11-13-15-17-19-21-23-25-27-29-31-33-35-37-39-41-50(61)69-44-47(72-51(62)42-40-38-36-34-32-30-28-26-24-22-20-18-16-14-12-10-8-6-4-2)45-70-58-57(68)55(66)53(64)49(74-58)46-71-59-56(67)54(65)52(63)48(43-60)73-59/h6,8,11-14,17-20,23-26,29-32,47-49,52-60,63-68H,3-5,7,9-10,15-16,21-22,27-28,33-46H2,1-2H3/b8-6+,13-11+,14-12+,19-17+,20-18+,25-23+,26-24+,31-29+,32-30+/t47-,48+,49+,52-,53-,54?,55?,56?,57?,58+,59+/m0/s1. The van der Waals surface area contributed by atoms with Crippen molar-refractivity contribution in [2.45, 2.75) is 223 Å². The van der Waals surface area contributed by atoms with Crippen LogP contribution in [0.1, 0.15) is 155 Å². The first-order valence-electron chi connectivity index (χ1n) is 27.5. The number of carbonyl (C=O) groups is 2. The first-order valence-corrected chi connectivity index (χ1v) is 27.5. The van der Waals surface area contributed by atoms with Crippen molar-refractivity contribution in [1.29, 1.82) is 0 Å². The number of allylic oxidation sites excluding steroid dienone is 18. The Morgan fingerprint density at radius 3 is 1.31 bits per heavy atom. The van der Waals surface area contributed by atoms with Gasteiger partial charge >= 0.3 is 11.9 Å². The van der Waals surface area contributed by atoms with Gasteiger partial charge in [-0.15, -0.1) is 0 Å². The molecule has 0 amide bonds. The zero-order valence-corrected chi connectivity index (χ0v) is 44.5. The van der Waals surface area contributed by atoms with E-state index >= 15 is 0 Å². The van der Waals surface area contributed by atoms with Crippen LogP contribution >= 0.6 is 0 Å². The highest BCUT2D eigenvalue weighted by atomic mass is 16.7. The van der Waals surface area contributed by atoms with Crippen LogP contribution in [0.4, 0.5) is 0 Å². The van der Waals surface area contributed by atoms with Crippen molar-refractivity contribution >= 4 is 11.9 Å². The first-order chi connectivity index (χ1) is 36.0. The minimum absolute atomic E-state index is 0.111. The number of hydrogen-bond acceptors (Lipinski definition) is 15. The van der Waals surface area contributed by atoms with Gasteiger partial charge in [0, 0.05) is 12.8 Å². The lowest BCUT2D eigenvalue weighted by Crippen LogP contribution is -2.61. The largest absolute Gasteiger partial charge is 0.462 e. The first kappa shape index (κ1) is 66.3. The Morgan fingerprint density at radius 2 is 0.851 bits per heavy atom. The maximum atomic E-state index is 13.0. The number of hydrogen-bond donors (Lipinski definition) is 7. The average molecular weight is 1040 g/mol. The van der Waals surface area contributed by atoms with Crippen LogP contribution in [0.15, 0.2) is 109 Å². The summed E-state index contributed by atoms with van der Waals surface area (Å²) in [7, 11) is 0. The topological polar surface area (TPSA) is 231 Å². The third-order valence-corrected chi connectivity index (χ3v) is 12.2. The van der Waals surface area contributed by atoms with Crippen LogP contribution in [0.25, 0.3) is 0 Å². The predicted octanol–water partition coefficient (Wildman–Crippen LogP) is 8.71. The molecule has 11 atom stereocenters. The molecule has 15 heteroatoms. The van der Waals surface area contributed by atoms with Gasteiger partial charge < -0.3 is 64.2 Å². The van der Waals surface area contributed by atoms with Crippen LogP contribution in [-0.4, -0.2) is 142 Å². The Hall–Kier alpha value is -3.84. The number of rotatable bonds is 41. The summed E-state index contributed by atoms with van der Waals surface area (Å²) in [6.07, 6.45) is 41.0. The maximum Gasteiger partial charge on any atom is 0.306 e. The molecule has 0 saturated carbocycles. The molecule has 0 bridgehead atoms. The van der Waals surface area contributed by atoms with Gasteiger partial charge in [0.2, 0.25) is 0 Å². The molecular formula is C59H94O15. The van der Waals surface area contributed by atoms with Crippen molar-refractivity contribution in [1.82, 2.24) is 0 Å². The molecule has 15 nitrogen and oxygen atoms in total. The Balaban J connectivity index is 1.82. The van der Waals surface area contributed by atoms with E-state index in [0.29, 0.717) is 12.8 Å². The molecule has 420 valence electrons. The fourth-order valence-electron chi connectivity index (χ4n) is 7.75. The highest BCUT2D eigenvalue weighted by Gasteiger charge is 2.47. The molecular weight excluding hydrogens is 949 g/mol. The van der Waals surface area contributed by atoms with E-state index in [1.807, 2.05) is 0 Å². The molecule has 2 fully saturated rings. The number of carbonyl (C=O) groups excluding carboxylic acids is 2. The molecule has 2 aliphatic rings. The highest BCUT2D eigenvalue weighted by Crippen LogP contribution is 2.26. The normalized spacial score (nSPS) is 25.5. The second kappa shape index (κ2) is 44.3. The summed E-state index contributed by atoms with van der Waals surface area (Å²) < 4.78 is 33.6. The average Bonchev–Trinajstić information content (AvgIpc) is 3.39. The van der Waals surface area contributed by atoms with E-state index in [4.69, 9.17) is 28.4 Å². The van der Waals surface area contributed by atoms with Gasteiger partial charge in [-0.05, 0) is 103 Å². The quantitative estimate of drug-likeness (QED) is 0.0173. The summed E-state index contributed by atoms with van der Waals surface area (Å²) in [6.45, 7) is 2.36. The summed E-state index contributed by atoms with van der Waals surface area (Å²) in [5.74, 6) is -1.01. The minimum atomic E-state index is -1.78. The molecule has 4 unspecified atom stereocenters. The molecule has 2 rings (SSSR count). The Kier molecular flexibility index (Phi) is 39.7. The van der Waals surface area contributed by atoms with Gasteiger partial charge in [0.15, 0.2) is 18.7 Å². The van der Waals surface area contributed by atoms with E-state index in [2.05, 4.69) is 123 Å². The van der Waals surface area contributed by atoms with Crippen molar-refractivity contribution in [3.8, 4) is 0 Å². The third kappa shape index (κ3) is 31.3. The number of esters is 2. The van der Waals surface area contributed by atoms with Crippen molar-refractivity contribution in [3.63, 3.8) is 0 Å². The van der Waals surface area contributed by atoms with Crippen LogP contribution in [0.3, 0.4) is 0 Å². The number of ether oxygens (including phenoxy) is 6. The molecule has 0 aromatic carbocycles. The minimum Gasteiger partial charge on any atom is -0.462 e. The maximum absolute atomic E-state index is 13.0. The van der Waals surface area contributed by atoms with Gasteiger partial charge in [-0.3, -0.25) is 9.59 Å². The molecule has 0 aliphatic carbocycles. The summed E-state index contributed by atoms with van der Waals surface area (Å²) in [5.41, 5.74) is 0. The smallest absolute Gasteiger partial charge is 0.306 e. The van der Waals surface area contributed by atoms with E-state index in [0.717, 1.165) is 96.3 Å². The summed E-state index contributed by atoms with van der Waals surface area (Å²) in [4.78, 5) is 25.8.